The van der Waals surface area contributed by atoms with Crippen LogP contribution in [0.3, 0.4) is 0 Å². The Balaban J connectivity index is 1.73. The fourth-order valence-electron chi connectivity index (χ4n) is 4.89. The number of benzene rings is 2. The molecule has 1 saturated carbocycles. The van der Waals surface area contributed by atoms with Gasteiger partial charge in [0.15, 0.2) is 0 Å². The van der Waals surface area contributed by atoms with Crippen molar-refractivity contribution in [2.75, 3.05) is 17.1 Å². The minimum atomic E-state index is -3.54. The van der Waals surface area contributed by atoms with Crippen molar-refractivity contribution < 1.29 is 18.0 Å². The fraction of sp³-hybridized carbons (Fsp3) is 0.517. The highest BCUT2D eigenvalue weighted by atomic mass is 35.5. The number of rotatable bonds is 12. The molecule has 1 aliphatic carbocycles. The van der Waals surface area contributed by atoms with Crippen LogP contribution in [-0.2, 0) is 32.6 Å². The number of hydrogen-bond donors (Lipinski definition) is 1. The highest BCUT2D eigenvalue weighted by molar-refractivity contribution is 7.92. The van der Waals surface area contributed by atoms with Crippen molar-refractivity contribution >= 4 is 50.7 Å². The van der Waals surface area contributed by atoms with Crippen molar-refractivity contribution in [3.05, 3.63) is 63.6 Å². The third kappa shape index (κ3) is 9.12. The molecule has 2 aromatic carbocycles. The van der Waals surface area contributed by atoms with E-state index >= 15 is 0 Å². The van der Waals surface area contributed by atoms with Crippen LogP contribution in [0.2, 0.25) is 10.0 Å². The van der Waals surface area contributed by atoms with Gasteiger partial charge in [0, 0.05) is 25.6 Å². The van der Waals surface area contributed by atoms with E-state index in [-0.39, 0.29) is 37.4 Å². The number of amides is 2. The Morgan fingerprint density at radius 2 is 1.64 bits per heavy atom. The minimum absolute atomic E-state index is 0.0848. The maximum Gasteiger partial charge on any atom is 0.242 e. The average molecular weight is 597 g/mol. The van der Waals surface area contributed by atoms with Crippen LogP contribution in [0.4, 0.5) is 5.69 Å². The smallest absolute Gasteiger partial charge is 0.242 e. The summed E-state index contributed by atoms with van der Waals surface area (Å²) < 4.78 is 26.4. The molecule has 0 aliphatic heterocycles. The summed E-state index contributed by atoms with van der Waals surface area (Å²) in [5.41, 5.74) is 2.43. The molecule has 0 saturated heterocycles. The van der Waals surface area contributed by atoms with E-state index in [1.807, 2.05) is 19.1 Å². The number of halogens is 2. The third-order valence-electron chi connectivity index (χ3n) is 7.24. The molecule has 10 heteroatoms. The monoisotopic (exact) mass is 595 g/mol. The number of nitrogens with one attached hydrogen (secondary N) is 1. The van der Waals surface area contributed by atoms with Crippen LogP contribution >= 0.6 is 23.2 Å². The van der Waals surface area contributed by atoms with Gasteiger partial charge < -0.3 is 10.2 Å². The second-order valence-electron chi connectivity index (χ2n) is 10.2. The molecular weight excluding hydrogens is 557 g/mol. The van der Waals surface area contributed by atoms with Crippen molar-refractivity contribution in [1.29, 1.82) is 0 Å². The largest absolute Gasteiger partial charge is 0.352 e. The molecule has 2 amide bonds. The molecule has 214 valence electrons. The molecule has 0 bridgehead atoms. The molecule has 0 spiro atoms. The van der Waals surface area contributed by atoms with Gasteiger partial charge >= 0.3 is 0 Å². The predicted molar refractivity (Wildman–Crippen MR) is 159 cm³/mol. The zero-order chi connectivity index (χ0) is 28.6. The van der Waals surface area contributed by atoms with Crippen LogP contribution in [0.1, 0.15) is 69.9 Å². The van der Waals surface area contributed by atoms with Gasteiger partial charge in [0.25, 0.3) is 0 Å². The van der Waals surface area contributed by atoms with E-state index < -0.39 is 16.1 Å². The quantitative estimate of drug-likeness (QED) is 0.327. The molecule has 0 unspecified atom stereocenters. The van der Waals surface area contributed by atoms with Crippen LogP contribution in [0, 0.1) is 0 Å². The summed E-state index contributed by atoms with van der Waals surface area (Å²) >= 11 is 12.3. The van der Waals surface area contributed by atoms with E-state index in [0.29, 0.717) is 22.2 Å². The normalized spacial score (nSPS) is 15.0. The van der Waals surface area contributed by atoms with Gasteiger partial charge in [0.2, 0.25) is 21.8 Å². The van der Waals surface area contributed by atoms with E-state index in [1.54, 1.807) is 42.2 Å². The van der Waals surface area contributed by atoms with Crippen LogP contribution in [-0.4, -0.2) is 50.0 Å². The molecule has 39 heavy (non-hydrogen) atoms. The highest BCUT2D eigenvalue weighted by Crippen LogP contribution is 2.25. The maximum absolute atomic E-state index is 13.5. The second-order valence-corrected chi connectivity index (χ2v) is 13.0. The Morgan fingerprint density at radius 1 is 1.00 bits per heavy atom. The summed E-state index contributed by atoms with van der Waals surface area (Å²) in [7, 11) is -3.54. The number of hydrogen-bond acceptors (Lipinski definition) is 4. The first-order chi connectivity index (χ1) is 18.5. The molecule has 0 radical (unpaired) electrons. The molecule has 1 fully saturated rings. The lowest BCUT2D eigenvalue weighted by Crippen LogP contribution is -2.50. The zero-order valence-electron chi connectivity index (χ0n) is 23.0. The van der Waals surface area contributed by atoms with Gasteiger partial charge in [-0.3, -0.25) is 13.9 Å². The number of carbonyl (C=O) groups is 2. The second kappa shape index (κ2) is 14.4. The van der Waals surface area contributed by atoms with Crippen molar-refractivity contribution in [3.63, 3.8) is 0 Å². The third-order valence-corrected chi connectivity index (χ3v) is 9.17. The molecule has 0 aromatic heterocycles. The number of anilines is 1. The van der Waals surface area contributed by atoms with E-state index in [9.17, 15) is 18.0 Å². The predicted octanol–water partition coefficient (Wildman–Crippen LogP) is 5.97. The maximum atomic E-state index is 13.5. The van der Waals surface area contributed by atoms with Gasteiger partial charge in [-0.2, -0.15) is 0 Å². The fourth-order valence-corrected chi connectivity index (χ4v) is 6.17. The highest BCUT2D eigenvalue weighted by Gasteiger charge is 2.28. The molecule has 1 N–H and O–H groups in total. The van der Waals surface area contributed by atoms with Crippen molar-refractivity contribution in [1.82, 2.24) is 10.2 Å². The number of nitrogens with zero attached hydrogens (tertiary/aromatic N) is 2. The molecule has 1 aliphatic rings. The van der Waals surface area contributed by atoms with Gasteiger partial charge in [-0.05, 0) is 68.0 Å². The van der Waals surface area contributed by atoms with Gasteiger partial charge in [-0.25, -0.2) is 8.42 Å². The average Bonchev–Trinajstić information content (AvgIpc) is 2.91. The lowest BCUT2D eigenvalue weighted by Gasteiger charge is -2.31. The molecule has 7 nitrogen and oxygen atoms in total. The first-order valence-electron chi connectivity index (χ1n) is 13.6. The SMILES string of the molecule is CCc1ccc(N(CCCC(=O)N(Cc2ccc(Cl)c(Cl)c2)[C@@H](C)C(=O)NC2CCCCC2)S(C)(=O)=O)cc1. The van der Waals surface area contributed by atoms with Crippen molar-refractivity contribution in [2.45, 2.75) is 83.8 Å². The number of sulfonamides is 1. The van der Waals surface area contributed by atoms with Crippen molar-refractivity contribution in [2.24, 2.45) is 0 Å². The van der Waals surface area contributed by atoms with Gasteiger partial charge in [-0.15, -0.1) is 0 Å². The van der Waals surface area contributed by atoms with Crippen LogP contribution in [0.15, 0.2) is 42.5 Å². The van der Waals surface area contributed by atoms with Crippen LogP contribution in [0.5, 0.6) is 0 Å². The zero-order valence-corrected chi connectivity index (χ0v) is 25.3. The standard InChI is InChI=1S/C29H39Cl2N3O4S/c1-4-22-12-15-25(16-13-22)34(39(3,37)38)18-8-11-28(35)33(20-23-14-17-26(30)27(31)19-23)21(2)29(36)32-24-9-6-5-7-10-24/h12-17,19,21,24H,4-11,18,20H2,1-3H3,(H,32,36)/t21-/m0/s1. The molecule has 0 heterocycles. The summed E-state index contributed by atoms with van der Waals surface area (Å²) in [5.74, 6) is -0.425. The van der Waals surface area contributed by atoms with Crippen molar-refractivity contribution in [3.8, 4) is 0 Å². The van der Waals surface area contributed by atoms with Crippen LogP contribution < -0.4 is 9.62 Å². The Bertz CT molecular complexity index is 1230. The molecule has 2 aromatic rings. The van der Waals surface area contributed by atoms with E-state index in [1.165, 1.54) is 10.7 Å². The van der Waals surface area contributed by atoms with Gasteiger partial charge in [0.05, 0.1) is 22.0 Å². The number of aryl methyl sites for hydroxylation is 1. The first-order valence-corrected chi connectivity index (χ1v) is 16.2. The summed E-state index contributed by atoms with van der Waals surface area (Å²) in [6.45, 7) is 4.10. The van der Waals surface area contributed by atoms with Gasteiger partial charge in [-0.1, -0.05) is 67.6 Å². The molecular formula is C29H39Cl2N3O4S. The van der Waals surface area contributed by atoms with Crippen LogP contribution in [0.25, 0.3) is 0 Å². The number of carbonyl (C=O) groups excluding carboxylic acids is 2. The van der Waals surface area contributed by atoms with Gasteiger partial charge in [0.1, 0.15) is 6.04 Å². The summed E-state index contributed by atoms with van der Waals surface area (Å²) in [6, 6.07) is 12.0. The Morgan fingerprint density at radius 3 is 2.23 bits per heavy atom. The van der Waals surface area contributed by atoms with E-state index in [4.69, 9.17) is 23.2 Å². The summed E-state index contributed by atoms with van der Waals surface area (Å²) in [6.07, 6.45) is 7.65. The minimum Gasteiger partial charge on any atom is -0.352 e. The summed E-state index contributed by atoms with van der Waals surface area (Å²) in [4.78, 5) is 28.2. The lowest BCUT2D eigenvalue weighted by molar-refractivity contribution is -0.141. The topological polar surface area (TPSA) is 86.8 Å². The lowest BCUT2D eigenvalue weighted by atomic mass is 9.95. The van der Waals surface area contributed by atoms with E-state index in [0.717, 1.165) is 49.5 Å². The first kappa shape index (κ1) is 31.2. The molecule has 1 atom stereocenters. The van der Waals surface area contributed by atoms with E-state index in [2.05, 4.69) is 5.32 Å². The Kier molecular flexibility index (Phi) is 11.5. The molecule has 3 rings (SSSR count). The Labute approximate surface area is 242 Å². The Hall–Kier alpha value is -2.29. The summed E-state index contributed by atoms with van der Waals surface area (Å²) in [5, 5.41) is 3.90.